The molecule has 1 aliphatic carbocycles. The van der Waals surface area contributed by atoms with Crippen molar-refractivity contribution in [2.75, 3.05) is 0 Å². The number of hydrogen-bond donors (Lipinski definition) is 1. The zero-order valence-corrected chi connectivity index (χ0v) is 21.1. The number of amides is 1. The number of nitrogens with zero attached hydrogens (tertiary/aromatic N) is 5. The van der Waals surface area contributed by atoms with E-state index in [1.54, 1.807) is 16.8 Å². The van der Waals surface area contributed by atoms with Crippen LogP contribution in [0.4, 0.5) is 4.39 Å². The summed E-state index contributed by atoms with van der Waals surface area (Å²) in [5.74, 6) is 0.360. The molecule has 7 nitrogen and oxygen atoms in total. The molecule has 0 radical (unpaired) electrons. The summed E-state index contributed by atoms with van der Waals surface area (Å²) in [6, 6.07) is 7.99. The van der Waals surface area contributed by atoms with Crippen LogP contribution in [0.2, 0.25) is 0 Å². The van der Waals surface area contributed by atoms with E-state index in [9.17, 15) is 9.18 Å². The fourth-order valence-corrected chi connectivity index (χ4v) is 5.94. The molecule has 1 N–H and O–H groups in total. The molecule has 180 valence electrons. The van der Waals surface area contributed by atoms with Gasteiger partial charge in [0.15, 0.2) is 10.9 Å². The molecule has 1 saturated carbocycles. The summed E-state index contributed by atoms with van der Waals surface area (Å²) < 4.78 is 15.1. The number of hydrogen-bond acceptors (Lipinski definition) is 6. The third-order valence-electron chi connectivity index (χ3n) is 6.07. The quantitative estimate of drug-likeness (QED) is 0.391. The van der Waals surface area contributed by atoms with E-state index in [1.165, 1.54) is 23.9 Å². The number of rotatable bonds is 6. The zero-order valence-electron chi connectivity index (χ0n) is 20.3. The number of thioether (sulfide) groups is 1. The highest BCUT2D eigenvalue weighted by molar-refractivity contribution is 7.98. The zero-order chi connectivity index (χ0) is 24.5. The van der Waals surface area contributed by atoms with Gasteiger partial charge in [0.25, 0.3) is 5.91 Å². The molecule has 2 heterocycles. The third kappa shape index (κ3) is 5.81. The summed E-state index contributed by atoms with van der Waals surface area (Å²) in [5, 5.41) is 12.3. The molecule has 1 fully saturated rings. The van der Waals surface area contributed by atoms with Crippen molar-refractivity contribution in [1.82, 2.24) is 30.3 Å². The SMILES string of the molecule is Cc1cc(C)nc(SCc2c(C(=O)NC3CC(C)CC(C)(C)C3)nnn2-c2ccc(F)cc2)n1. The Morgan fingerprint density at radius 1 is 1.18 bits per heavy atom. The lowest BCUT2D eigenvalue weighted by Gasteiger charge is -2.39. The maximum Gasteiger partial charge on any atom is 0.274 e. The van der Waals surface area contributed by atoms with E-state index in [2.05, 4.69) is 46.4 Å². The van der Waals surface area contributed by atoms with Gasteiger partial charge in [0, 0.05) is 23.2 Å². The number of aromatic nitrogens is 5. The second kappa shape index (κ2) is 9.82. The van der Waals surface area contributed by atoms with Crippen LogP contribution in [0.1, 0.15) is 67.6 Å². The van der Waals surface area contributed by atoms with E-state index in [1.807, 2.05) is 19.9 Å². The van der Waals surface area contributed by atoms with Gasteiger partial charge in [-0.05, 0) is 74.8 Å². The third-order valence-corrected chi connectivity index (χ3v) is 6.93. The van der Waals surface area contributed by atoms with Gasteiger partial charge in [-0.2, -0.15) is 0 Å². The maximum absolute atomic E-state index is 13.5. The Labute approximate surface area is 204 Å². The molecular formula is C25H31FN6OS. The molecule has 34 heavy (non-hydrogen) atoms. The van der Waals surface area contributed by atoms with Crippen LogP contribution in [0.3, 0.4) is 0 Å². The van der Waals surface area contributed by atoms with Gasteiger partial charge in [0.2, 0.25) is 0 Å². The van der Waals surface area contributed by atoms with Gasteiger partial charge in [-0.1, -0.05) is 37.7 Å². The van der Waals surface area contributed by atoms with Gasteiger partial charge in [-0.3, -0.25) is 4.79 Å². The van der Waals surface area contributed by atoms with Crippen molar-refractivity contribution in [2.45, 2.75) is 70.8 Å². The lowest BCUT2D eigenvalue weighted by Crippen LogP contribution is -2.43. The predicted octanol–water partition coefficient (Wildman–Crippen LogP) is 5.05. The van der Waals surface area contributed by atoms with Gasteiger partial charge in [-0.25, -0.2) is 19.0 Å². The predicted molar refractivity (Wildman–Crippen MR) is 130 cm³/mol. The van der Waals surface area contributed by atoms with Crippen LogP contribution >= 0.6 is 11.8 Å². The second-order valence-electron chi connectivity index (χ2n) is 10.1. The van der Waals surface area contributed by atoms with Crippen molar-refractivity contribution >= 4 is 17.7 Å². The summed E-state index contributed by atoms with van der Waals surface area (Å²) in [6.07, 6.45) is 3.02. The van der Waals surface area contributed by atoms with Crippen LogP contribution in [-0.4, -0.2) is 36.9 Å². The molecule has 1 aromatic carbocycles. The minimum Gasteiger partial charge on any atom is -0.348 e. The van der Waals surface area contributed by atoms with E-state index < -0.39 is 0 Å². The van der Waals surface area contributed by atoms with Gasteiger partial charge >= 0.3 is 0 Å². The normalized spacial score (nSPS) is 19.7. The molecule has 3 aromatic rings. The smallest absolute Gasteiger partial charge is 0.274 e. The van der Waals surface area contributed by atoms with E-state index in [4.69, 9.17) is 0 Å². The van der Waals surface area contributed by atoms with Crippen LogP contribution in [-0.2, 0) is 5.75 Å². The van der Waals surface area contributed by atoms with Crippen molar-refractivity contribution in [1.29, 1.82) is 0 Å². The minimum atomic E-state index is -0.338. The lowest BCUT2D eigenvalue weighted by molar-refractivity contribution is 0.0868. The van der Waals surface area contributed by atoms with E-state index >= 15 is 0 Å². The van der Waals surface area contributed by atoms with Crippen molar-refractivity contribution < 1.29 is 9.18 Å². The Morgan fingerprint density at radius 2 is 1.85 bits per heavy atom. The standard InChI is InChI=1S/C25H31FN6OS/c1-15-10-19(13-25(4,5)12-15)29-23(33)22-21(14-34-24-27-16(2)11-17(3)28-24)32(31-30-22)20-8-6-18(26)7-9-20/h6-9,11,15,19H,10,12-14H2,1-5H3,(H,29,33). The van der Waals surface area contributed by atoms with Gasteiger partial charge in [-0.15, -0.1) is 5.10 Å². The summed E-state index contributed by atoms with van der Waals surface area (Å²) in [5.41, 5.74) is 3.48. The molecule has 2 aromatic heterocycles. The summed E-state index contributed by atoms with van der Waals surface area (Å²) in [6.45, 7) is 10.6. The topological polar surface area (TPSA) is 85.6 Å². The molecule has 9 heteroatoms. The fraction of sp³-hybridized carbons (Fsp3) is 0.480. The number of benzene rings is 1. The Kier molecular flexibility index (Phi) is 7.02. The summed E-state index contributed by atoms with van der Waals surface area (Å²) in [7, 11) is 0. The van der Waals surface area contributed by atoms with Crippen LogP contribution in [0, 0.1) is 31.0 Å². The van der Waals surface area contributed by atoms with Crippen molar-refractivity contribution in [3.05, 3.63) is 58.9 Å². The number of nitrogens with one attached hydrogen (secondary N) is 1. The second-order valence-corrected chi connectivity index (χ2v) is 11.0. The molecule has 0 bridgehead atoms. The van der Waals surface area contributed by atoms with Gasteiger partial charge in [0.1, 0.15) is 5.82 Å². The number of halogens is 1. The van der Waals surface area contributed by atoms with Gasteiger partial charge in [0.05, 0.1) is 11.4 Å². The monoisotopic (exact) mass is 482 g/mol. The molecule has 0 aliphatic heterocycles. The van der Waals surface area contributed by atoms with Crippen molar-refractivity contribution in [3.63, 3.8) is 0 Å². The molecule has 0 saturated heterocycles. The molecular weight excluding hydrogens is 451 g/mol. The Morgan fingerprint density at radius 3 is 2.50 bits per heavy atom. The number of carbonyl (C=O) groups is 1. The first kappa shape index (κ1) is 24.3. The van der Waals surface area contributed by atoms with Gasteiger partial charge < -0.3 is 5.32 Å². The molecule has 4 rings (SSSR count). The molecule has 1 aliphatic rings. The Bertz CT molecular complexity index is 1160. The highest BCUT2D eigenvalue weighted by Gasteiger charge is 2.33. The van der Waals surface area contributed by atoms with Crippen molar-refractivity contribution in [2.24, 2.45) is 11.3 Å². The largest absolute Gasteiger partial charge is 0.348 e. The highest BCUT2D eigenvalue weighted by Crippen LogP contribution is 2.38. The first-order valence-corrected chi connectivity index (χ1v) is 12.5. The number of carbonyl (C=O) groups excluding carboxylic acids is 1. The molecule has 1 amide bonds. The van der Waals surface area contributed by atoms with E-state index in [0.29, 0.717) is 28.2 Å². The maximum atomic E-state index is 13.5. The van der Waals surface area contributed by atoms with Crippen molar-refractivity contribution in [3.8, 4) is 5.69 Å². The fourth-order valence-electron chi connectivity index (χ4n) is 5.00. The number of aryl methyl sites for hydroxylation is 2. The Balaban J connectivity index is 1.62. The Hall–Kier alpha value is -2.81. The van der Waals surface area contributed by atoms with E-state index in [-0.39, 0.29) is 28.9 Å². The average molecular weight is 483 g/mol. The minimum absolute atomic E-state index is 0.0884. The summed E-state index contributed by atoms with van der Waals surface area (Å²) >= 11 is 1.42. The highest BCUT2D eigenvalue weighted by atomic mass is 32.2. The van der Waals surface area contributed by atoms with Crippen LogP contribution in [0.25, 0.3) is 5.69 Å². The van der Waals surface area contributed by atoms with Crippen LogP contribution in [0.15, 0.2) is 35.5 Å². The summed E-state index contributed by atoms with van der Waals surface area (Å²) in [4.78, 5) is 22.3. The molecule has 2 unspecified atom stereocenters. The van der Waals surface area contributed by atoms with Crippen LogP contribution in [0.5, 0.6) is 0 Å². The lowest BCUT2D eigenvalue weighted by atomic mass is 9.70. The first-order chi connectivity index (χ1) is 16.1. The molecule has 2 atom stereocenters. The molecule has 0 spiro atoms. The average Bonchev–Trinajstić information content (AvgIpc) is 3.14. The van der Waals surface area contributed by atoms with E-state index in [0.717, 1.165) is 30.7 Å². The van der Waals surface area contributed by atoms with Crippen LogP contribution < -0.4 is 5.32 Å². The first-order valence-electron chi connectivity index (χ1n) is 11.6.